The van der Waals surface area contributed by atoms with E-state index in [0.717, 1.165) is 28.8 Å². The van der Waals surface area contributed by atoms with Crippen molar-refractivity contribution in [2.45, 2.75) is 33.7 Å². The van der Waals surface area contributed by atoms with Gasteiger partial charge in [-0.15, -0.1) is 0 Å². The number of rotatable bonds is 6. The van der Waals surface area contributed by atoms with E-state index in [9.17, 15) is 4.79 Å². The number of nitrogens with one attached hydrogen (secondary N) is 1. The van der Waals surface area contributed by atoms with Crippen molar-refractivity contribution in [3.05, 3.63) is 34.2 Å². The van der Waals surface area contributed by atoms with Crippen LogP contribution < -0.4 is 16.0 Å². The molecular formula is C18H24N4O2. The van der Waals surface area contributed by atoms with Gasteiger partial charge in [-0.1, -0.05) is 13.8 Å². The molecule has 24 heavy (non-hydrogen) atoms. The number of hydrogen-bond acceptors (Lipinski definition) is 4. The third-order valence-corrected chi connectivity index (χ3v) is 4.09. The summed E-state index contributed by atoms with van der Waals surface area (Å²) in [5.74, 6) is 1.24. The van der Waals surface area contributed by atoms with Gasteiger partial charge < -0.3 is 15.0 Å². The molecule has 0 saturated carbocycles. The minimum absolute atomic E-state index is 0.0203. The van der Waals surface area contributed by atoms with Gasteiger partial charge in [0.05, 0.1) is 17.5 Å². The lowest BCUT2D eigenvalue weighted by atomic mass is 10.1. The molecule has 0 aliphatic carbocycles. The summed E-state index contributed by atoms with van der Waals surface area (Å²) in [5.41, 5.74) is 7.96. The molecule has 0 saturated heterocycles. The van der Waals surface area contributed by atoms with Gasteiger partial charge in [0.25, 0.3) is 5.56 Å². The highest BCUT2D eigenvalue weighted by Gasteiger charge is 2.15. The number of pyridine rings is 1. The number of benzene rings is 1. The second-order valence-corrected chi connectivity index (χ2v) is 6.56. The first-order valence-electron chi connectivity index (χ1n) is 8.37. The first-order chi connectivity index (χ1) is 11.5. The van der Waals surface area contributed by atoms with E-state index in [1.54, 1.807) is 4.57 Å². The lowest BCUT2D eigenvalue weighted by molar-refractivity contribution is 0.271. The van der Waals surface area contributed by atoms with Crippen LogP contribution in [0.3, 0.4) is 0 Å². The summed E-state index contributed by atoms with van der Waals surface area (Å²) in [6.07, 6.45) is 0.753. The number of aromatic amines is 1. The summed E-state index contributed by atoms with van der Waals surface area (Å²) in [7, 11) is 0. The molecule has 0 aliphatic heterocycles. The van der Waals surface area contributed by atoms with Crippen LogP contribution in [0.2, 0.25) is 0 Å². The van der Waals surface area contributed by atoms with Gasteiger partial charge in [0.2, 0.25) is 0 Å². The Balaban J connectivity index is 2.23. The van der Waals surface area contributed by atoms with E-state index in [0.29, 0.717) is 36.5 Å². The van der Waals surface area contributed by atoms with Crippen molar-refractivity contribution in [1.82, 2.24) is 14.8 Å². The average molecular weight is 328 g/mol. The van der Waals surface area contributed by atoms with Crippen LogP contribution in [-0.4, -0.2) is 27.9 Å². The zero-order valence-electron chi connectivity index (χ0n) is 14.4. The normalized spacial score (nSPS) is 11.7. The smallest absolute Gasteiger partial charge is 0.262 e. The molecule has 0 spiro atoms. The van der Waals surface area contributed by atoms with E-state index in [-0.39, 0.29) is 5.56 Å². The van der Waals surface area contributed by atoms with E-state index in [1.807, 2.05) is 25.1 Å². The van der Waals surface area contributed by atoms with Gasteiger partial charge in [-0.05, 0) is 44.0 Å². The highest BCUT2D eigenvalue weighted by Crippen LogP contribution is 2.27. The third kappa shape index (κ3) is 2.89. The zero-order chi connectivity index (χ0) is 17.3. The minimum Gasteiger partial charge on any atom is -0.493 e. The van der Waals surface area contributed by atoms with Crippen LogP contribution in [0.5, 0.6) is 5.75 Å². The van der Waals surface area contributed by atoms with E-state index < -0.39 is 0 Å². The van der Waals surface area contributed by atoms with Crippen molar-refractivity contribution in [3.63, 3.8) is 0 Å². The quantitative estimate of drug-likeness (QED) is 0.728. The molecule has 0 atom stereocenters. The van der Waals surface area contributed by atoms with E-state index in [1.165, 1.54) is 0 Å². The number of ether oxygens (including phenoxy) is 1. The van der Waals surface area contributed by atoms with Crippen LogP contribution >= 0.6 is 0 Å². The molecule has 0 fully saturated rings. The SMILES string of the molecule is Cc1[nH]nc2c1c(=O)n(CCCN)c1ccc(OCC(C)C)cc21. The molecule has 6 nitrogen and oxygen atoms in total. The molecule has 0 bridgehead atoms. The van der Waals surface area contributed by atoms with Crippen molar-refractivity contribution in [1.29, 1.82) is 0 Å². The number of nitrogens with two attached hydrogens (primary N) is 1. The number of H-pyrrole nitrogens is 1. The highest BCUT2D eigenvalue weighted by atomic mass is 16.5. The van der Waals surface area contributed by atoms with Crippen LogP contribution in [0.25, 0.3) is 21.8 Å². The number of aromatic nitrogens is 3. The van der Waals surface area contributed by atoms with Gasteiger partial charge in [-0.25, -0.2) is 0 Å². The lowest BCUT2D eigenvalue weighted by Crippen LogP contribution is -2.22. The Morgan fingerprint density at radius 3 is 2.88 bits per heavy atom. The average Bonchev–Trinajstić information content (AvgIpc) is 2.95. The summed E-state index contributed by atoms with van der Waals surface area (Å²) < 4.78 is 7.63. The fraction of sp³-hybridized carbons (Fsp3) is 0.444. The molecule has 0 aliphatic rings. The van der Waals surface area contributed by atoms with Crippen LogP contribution in [0.1, 0.15) is 26.0 Å². The van der Waals surface area contributed by atoms with E-state index in [2.05, 4.69) is 24.0 Å². The van der Waals surface area contributed by atoms with Gasteiger partial charge in [0, 0.05) is 17.6 Å². The predicted octanol–water partition coefficient (Wildman–Crippen LogP) is 2.57. The van der Waals surface area contributed by atoms with Crippen molar-refractivity contribution in [2.24, 2.45) is 11.7 Å². The maximum Gasteiger partial charge on any atom is 0.262 e. The Morgan fingerprint density at radius 2 is 2.17 bits per heavy atom. The Labute approximate surface area is 140 Å². The van der Waals surface area contributed by atoms with Crippen LogP contribution in [0.15, 0.2) is 23.0 Å². The van der Waals surface area contributed by atoms with Crippen LogP contribution in [0, 0.1) is 12.8 Å². The number of hydrogen-bond donors (Lipinski definition) is 2. The standard InChI is InChI=1S/C18H24N4O2/c1-11(2)10-24-13-5-6-15-14(9-13)17-16(12(3)20-21-17)18(23)22(15)8-4-7-19/h5-6,9,11H,4,7-8,10,19H2,1-3H3,(H,20,21). The zero-order valence-corrected chi connectivity index (χ0v) is 14.4. The molecular weight excluding hydrogens is 304 g/mol. The highest BCUT2D eigenvalue weighted by molar-refractivity contribution is 6.04. The van der Waals surface area contributed by atoms with Crippen molar-refractivity contribution in [2.75, 3.05) is 13.2 Å². The summed E-state index contributed by atoms with van der Waals surface area (Å²) in [6.45, 7) is 7.89. The van der Waals surface area contributed by atoms with Gasteiger partial charge in [-0.3, -0.25) is 9.89 Å². The Hall–Kier alpha value is -2.34. The first-order valence-corrected chi connectivity index (χ1v) is 8.37. The largest absolute Gasteiger partial charge is 0.493 e. The molecule has 2 aromatic heterocycles. The second-order valence-electron chi connectivity index (χ2n) is 6.56. The van der Waals surface area contributed by atoms with Gasteiger partial charge >= 0.3 is 0 Å². The molecule has 0 radical (unpaired) electrons. The Morgan fingerprint density at radius 1 is 1.38 bits per heavy atom. The fourth-order valence-corrected chi connectivity index (χ4v) is 2.89. The summed E-state index contributed by atoms with van der Waals surface area (Å²) in [4.78, 5) is 12.9. The number of aryl methyl sites for hydroxylation is 2. The molecule has 1 aromatic carbocycles. The van der Waals surface area contributed by atoms with Gasteiger partial charge in [0.1, 0.15) is 11.3 Å². The molecule has 6 heteroatoms. The molecule has 128 valence electrons. The second kappa shape index (κ2) is 6.65. The maximum atomic E-state index is 12.9. The van der Waals surface area contributed by atoms with Crippen molar-refractivity contribution in [3.8, 4) is 5.75 Å². The summed E-state index contributed by atoms with van der Waals surface area (Å²) in [5, 5.41) is 8.84. The molecule has 3 aromatic rings. The molecule has 0 amide bonds. The minimum atomic E-state index is -0.0203. The van der Waals surface area contributed by atoms with Crippen molar-refractivity contribution >= 4 is 21.8 Å². The first kappa shape index (κ1) is 16.5. The maximum absolute atomic E-state index is 12.9. The van der Waals surface area contributed by atoms with E-state index >= 15 is 0 Å². The third-order valence-electron chi connectivity index (χ3n) is 4.09. The molecule has 3 N–H and O–H groups in total. The molecule has 2 heterocycles. The van der Waals surface area contributed by atoms with Crippen molar-refractivity contribution < 1.29 is 4.74 Å². The fourth-order valence-electron chi connectivity index (χ4n) is 2.89. The molecule has 0 unspecified atom stereocenters. The summed E-state index contributed by atoms with van der Waals surface area (Å²) >= 11 is 0. The van der Waals surface area contributed by atoms with Gasteiger partial charge in [-0.2, -0.15) is 5.10 Å². The van der Waals surface area contributed by atoms with Crippen LogP contribution in [-0.2, 0) is 6.54 Å². The topological polar surface area (TPSA) is 85.9 Å². The Bertz CT molecular complexity index is 924. The lowest BCUT2D eigenvalue weighted by Gasteiger charge is -2.13. The monoisotopic (exact) mass is 328 g/mol. The Kier molecular flexibility index (Phi) is 4.57. The number of nitrogens with zero attached hydrogens (tertiary/aromatic N) is 2. The van der Waals surface area contributed by atoms with E-state index in [4.69, 9.17) is 10.5 Å². The van der Waals surface area contributed by atoms with Gasteiger partial charge in [0.15, 0.2) is 0 Å². The molecule has 3 rings (SSSR count). The predicted molar refractivity (Wildman–Crippen MR) is 96.6 cm³/mol. The summed E-state index contributed by atoms with van der Waals surface area (Å²) in [6, 6.07) is 5.82. The van der Waals surface area contributed by atoms with Crippen LogP contribution in [0.4, 0.5) is 0 Å². The number of fused-ring (bicyclic) bond motifs is 3.